The molecule has 0 aliphatic carbocycles. The third-order valence-corrected chi connectivity index (χ3v) is 6.83. The number of nitrogens with one attached hydrogen (secondary N) is 1. The van der Waals surface area contributed by atoms with E-state index in [-0.39, 0.29) is 22.8 Å². The Bertz CT molecular complexity index is 811. The number of carbonyl (C=O) groups is 1. The molecule has 1 amide bonds. The Balaban J connectivity index is 2.02. The van der Waals surface area contributed by atoms with Crippen molar-refractivity contribution in [2.75, 3.05) is 51.8 Å². The molecule has 0 saturated carbocycles. The molecule has 1 fully saturated rings. The van der Waals surface area contributed by atoms with Crippen LogP contribution in [0.15, 0.2) is 29.2 Å². The minimum Gasteiger partial charge on any atom is -0.351 e. The van der Waals surface area contributed by atoms with Crippen LogP contribution in [0.25, 0.3) is 0 Å². The van der Waals surface area contributed by atoms with Crippen molar-refractivity contribution in [2.45, 2.75) is 4.90 Å². The molecule has 1 aliphatic rings. The molecule has 0 spiro atoms. The van der Waals surface area contributed by atoms with E-state index in [0.29, 0.717) is 26.2 Å². The molecule has 0 unspecified atom stereocenters. The molecule has 1 aliphatic heterocycles. The lowest BCUT2D eigenvalue weighted by atomic mass is 10.2. The van der Waals surface area contributed by atoms with E-state index in [2.05, 4.69) is 10.2 Å². The normalized spacial score (nSPS) is 17.4. The largest absolute Gasteiger partial charge is 0.351 e. The van der Waals surface area contributed by atoms with E-state index in [9.17, 15) is 21.6 Å². The molecule has 0 radical (unpaired) electrons. The number of benzene rings is 1. The zero-order valence-electron chi connectivity index (χ0n) is 14.3. The minimum absolute atomic E-state index is 0.0129. The molecule has 140 valence electrons. The molecule has 8 nitrogen and oxygen atoms in total. The first kappa shape index (κ1) is 19.8. The van der Waals surface area contributed by atoms with Crippen molar-refractivity contribution in [3.05, 3.63) is 29.8 Å². The monoisotopic (exact) mass is 389 g/mol. The van der Waals surface area contributed by atoms with Gasteiger partial charge in [0.1, 0.15) is 9.84 Å². The molecule has 10 heteroatoms. The summed E-state index contributed by atoms with van der Waals surface area (Å²) in [7, 11) is -4.77. The zero-order valence-corrected chi connectivity index (χ0v) is 15.9. The molecule has 25 heavy (non-hydrogen) atoms. The summed E-state index contributed by atoms with van der Waals surface area (Å²) in [6, 6.07) is 5.66. The van der Waals surface area contributed by atoms with E-state index in [1.807, 2.05) is 7.05 Å². The van der Waals surface area contributed by atoms with Gasteiger partial charge >= 0.3 is 0 Å². The standard InChI is InChI=1S/C15H23N3O5S2/c1-17-8-10-18(11-9-17)25(22,23)14-5-3-13(4-6-14)15(19)16-7-12-24(2,20)21/h3-6H,7-12H2,1-2H3,(H,16,19). The van der Waals surface area contributed by atoms with Crippen LogP contribution in [0.3, 0.4) is 0 Å². The Morgan fingerprint density at radius 1 is 1.04 bits per heavy atom. The van der Waals surface area contributed by atoms with Gasteiger partial charge in [0.05, 0.1) is 10.6 Å². The van der Waals surface area contributed by atoms with Crippen molar-refractivity contribution in [3.8, 4) is 0 Å². The predicted octanol–water partition coefficient (Wildman–Crippen LogP) is -0.603. The number of nitrogens with zero attached hydrogens (tertiary/aromatic N) is 2. The van der Waals surface area contributed by atoms with E-state index in [0.717, 1.165) is 6.26 Å². The highest BCUT2D eigenvalue weighted by atomic mass is 32.2. The summed E-state index contributed by atoms with van der Waals surface area (Å²) in [6.07, 6.45) is 1.09. The molecule has 0 atom stereocenters. The van der Waals surface area contributed by atoms with Crippen LogP contribution in [-0.2, 0) is 19.9 Å². The summed E-state index contributed by atoms with van der Waals surface area (Å²) < 4.78 is 48.7. The number of carbonyl (C=O) groups excluding carboxylic acids is 1. The van der Waals surface area contributed by atoms with Crippen molar-refractivity contribution in [2.24, 2.45) is 0 Å². The highest BCUT2D eigenvalue weighted by Gasteiger charge is 2.27. The number of hydrogen-bond donors (Lipinski definition) is 1. The first-order valence-corrected chi connectivity index (χ1v) is 11.3. The molecule has 1 N–H and O–H groups in total. The highest BCUT2D eigenvalue weighted by molar-refractivity contribution is 7.90. The van der Waals surface area contributed by atoms with Crippen LogP contribution in [0.2, 0.25) is 0 Å². The first-order valence-electron chi connectivity index (χ1n) is 7.84. The van der Waals surface area contributed by atoms with Gasteiger partial charge in [-0.1, -0.05) is 0 Å². The number of rotatable bonds is 6. The van der Waals surface area contributed by atoms with Crippen LogP contribution < -0.4 is 5.32 Å². The van der Waals surface area contributed by atoms with Gasteiger partial charge in [-0.15, -0.1) is 0 Å². The average molecular weight is 389 g/mol. The van der Waals surface area contributed by atoms with Gasteiger partial charge in [-0.25, -0.2) is 16.8 Å². The topological polar surface area (TPSA) is 104 Å². The van der Waals surface area contributed by atoms with Crippen molar-refractivity contribution in [3.63, 3.8) is 0 Å². The van der Waals surface area contributed by atoms with E-state index in [4.69, 9.17) is 0 Å². The first-order chi connectivity index (χ1) is 11.6. The summed E-state index contributed by atoms with van der Waals surface area (Å²) in [5.41, 5.74) is 0.283. The van der Waals surface area contributed by atoms with Gasteiger partial charge < -0.3 is 10.2 Å². The van der Waals surface area contributed by atoms with Crippen LogP contribution in [0, 0.1) is 0 Å². The SMILES string of the molecule is CN1CCN(S(=O)(=O)c2ccc(C(=O)NCCS(C)(=O)=O)cc2)CC1. The van der Waals surface area contributed by atoms with Gasteiger partial charge in [0.15, 0.2) is 0 Å². The summed E-state index contributed by atoms with van der Waals surface area (Å²) in [6.45, 7) is 2.25. The maximum atomic E-state index is 12.6. The number of likely N-dealkylation sites (N-methyl/N-ethyl adjacent to an activating group) is 1. The molecule has 0 bridgehead atoms. The number of amides is 1. The average Bonchev–Trinajstić information content (AvgIpc) is 2.54. The fourth-order valence-corrected chi connectivity index (χ4v) is 4.30. The second kappa shape index (κ2) is 7.81. The summed E-state index contributed by atoms with van der Waals surface area (Å²) >= 11 is 0. The van der Waals surface area contributed by atoms with Gasteiger partial charge in [0.2, 0.25) is 10.0 Å². The summed E-state index contributed by atoms with van der Waals surface area (Å²) in [5, 5.41) is 2.50. The maximum absolute atomic E-state index is 12.6. The predicted molar refractivity (Wildman–Crippen MR) is 94.7 cm³/mol. The fraction of sp³-hybridized carbons (Fsp3) is 0.533. The van der Waals surface area contributed by atoms with E-state index in [1.54, 1.807) is 0 Å². The van der Waals surface area contributed by atoms with Crippen LogP contribution in [0.1, 0.15) is 10.4 Å². The number of sulfonamides is 1. The van der Waals surface area contributed by atoms with Crippen LogP contribution in [0.5, 0.6) is 0 Å². The minimum atomic E-state index is -3.57. The van der Waals surface area contributed by atoms with Gasteiger partial charge in [-0.2, -0.15) is 4.31 Å². The van der Waals surface area contributed by atoms with Gasteiger partial charge in [-0.05, 0) is 31.3 Å². The zero-order chi connectivity index (χ0) is 18.7. The molecular weight excluding hydrogens is 366 g/mol. The Hall–Kier alpha value is -1.49. The summed E-state index contributed by atoms with van der Waals surface area (Å²) in [4.78, 5) is 14.2. The summed E-state index contributed by atoms with van der Waals surface area (Å²) in [5.74, 6) is -0.582. The lowest BCUT2D eigenvalue weighted by molar-refractivity contribution is 0.0956. The number of piperazine rings is 1. The smallest absolute Gasteiger partial charge is 0.251 e. The lowest BCUT2D eigenvalue weighted by Gasteiger charge is -2.31. The van der Waals surface area contributed by atoms with Crippen molar-refractivity contribution in [1.29, 1.82) is 0 Å². The quantitative estimate of drug-likeness (QED) is 0.697. The van der Waals surface area contributed by atoms with Crippen molar-refractivity contribution >= 4 is 25.8 Å². The van der Waals surface area contributed by atoms with Crippen molar-refractivity contribution < 1.29 is 21.6 Å². The van der Waals surface area contributed by atoms with Gasteiger partial charge in [0, 0.05) is 44.5 Å². The third kappa shape index (κ3) is 5.50. The molecule has 1 heterocycles. The number of sulfone groups is 1. The molecule has 0 aromatic heterocycles. The number of hydrogen-bond acceptors (Lipinski definition) is 6. The Labute approximate surface area is 148 Å². The Kier molecular flexibility index (Phi) is 6.20. The maximum Gasteiger partial charge on any atom is 0.251 e. The van der Waals surface area contributed by atoms with E-state index < -0.39 is 25.8 Å². The fourth-order valence-electron chi connectivity index (χ4n) is 2.41. The third-order valence-electron chi connectivity index (χ3n) is 3.97. The Morgan fingerprint density at radius 2 is 1.60 bits per heavy atom. The van der Waals surface area contributed by atoms with E-state index in [1.165, 1.54) is 28.6 Å². The lowest BCUT2D eigenvalue weighted by Crippen LogP contribution is -2.47. The highest BCUT2D eigenvalue weighted by Crippen LogP contribution is 2.18. The van der Waals surface area contributed by atoms with Crippen LogP contribution >= 0.6 is 0 Å². The van der Waals surface area contributed by atoms with Crippen LogP contribution in [0.4, 0.5) is 0 Å². The van der Waals surface area contributed by atoms with Crippen LogP contribution in [-0.4, -0.2) is 83.7 Å². The molecule has 2 rings (SSSR count). The second-order valence-electron chi connectivity index (χ2n) is 6.12. The second-order valence-corrected chi connectivity index (χ2v) is 10.3. The molecule has 1 aromatic rings. The van der Waals surface area contributed by atoms with Crippen molar-refractivity contribution in [1.82, 2.24) is 14.5 Å². The van der Waals surface area contributed by atoms with Gasteiger partial charge in [-0.3, -0.25) is 4.79 Å². The molecule has 1 saturated heterocycles. The van der Waals surface area contributed by atoms with E-state index >= 15 is 0 Å². The molecule has 1 aromatic carbocycles. The molecular formula is C15H23N3O5S2. The van der Waals surface area contributed by atoms with Gasteiger partial charge in [0.25, 0.3) is 5.91 Å². The Morgan fingerprint density at radius 3 is 2.12 bits per heavy atom.